The number of hydrogen-bond donors (Lipinski definition) is 1. The Labute approximate surface area is 207 Å². The maximum Gasteiger partial charge on any atom is 0.270 e. The molecule has 2 aromatic heterocycles. The van der Waals surface area contributed by atoms with Crippen LogP contribution in [0.4, 0.5) is 4.39 Å². The SMILES string of the molecule is O=C(CSc1ncc(-c2ccc(F)cc2)n1Cc1ccccc1)c1c[nH]c(C(=O)N2CCCC2)c1. The number of carbonyl (C=O) groups excluding carboxylic acids is 2. The molecule has 6 nitrogen and oxygen atoms in total. The Hall–Kier alpha value is -3.65. The largest absolute Gasteiger partial charge is 0.356 e. The number of ketones is 1. The molecule has 1 fully saturated rings. The third kappa shape index (κ3) is 5.22. The van der Waals surface area contributed by atoms with Crippen molar-refractivity contribution in [1.82, 2.24) is 19.4 Å². The van der Waals surface area contributed by atoms with Gasteiger partial charge in [-0.3, -0.25) is 9.59 Å². The molecule has 0 saturated carbocycles. The molecular weight excluding hydrogens is 463 g/mol. The summed E-state index contributed by atoms with van der Waals surface area (Å²) in [6, 6.07) is 17.9. The normalized spacial score (nSPS) is 13.3. The first-order chi connectivity index (χ1) is 17.1. The predicted octanol–water partition coefficient (Wildman–Crippen LogP) is 5.28. The van der Waals surface area contributed by atoms with Crippen LogP contribution in [-0.4, -0.2) is 50.0 Å². The van der Waals surface area contributed by atoms with Gasteiger partial charge in [0.1, 0.15) is 11.5 Å². The maximum atomic E-state index is 13.5. The minimum absolute atomic E-state index is 0.0588. The molecule has 35 heavy (non-hydrogen) atoms. The third-order valence-corrected chi connectivity index (χ3v) is 7.09. The van der Waals surface area contributed by atoms with Gasteiger partial charge in [-0.25, -0.2) is 9.37 Å². The second-order valence-corrected chi connectivity index (χ2v) is 9.46. The highest BCUT2D eigenvalue weighted by Crippen LogP contribution is 2.28. The van der Waals surface area contributed by atoms with Crippen molar-refractivity contribution >= 4 is 23.5 Å². The minimum Gasteiger partial charge on any atom is -0.356 e. The van der Waals surface area contributed by atoms with Crippen LogP contribution in [-0.2, 0) is 6.54 Å². The van der Waals surface area contributed by atoms with Crippen molar-refractivity contribution in [2.24, 2.45) is 0 Å². The van der Waals surface area contributed by atoms with Gasteiger partial charge < -0.3 is 14.5 Å². The summed E-state index contributed by atoms with van der Waals surface area (Å²) >= 11 is 1.35. The zero-order valence-corrected chi connectivity index (χ0v) is 19.9. The molecule has 3 heterocycles. The van der Waals surface area contributed by atoms with E-state index >= 15 is 0 Å². The summed E-state index contributed by atoms with van der Waals surface area (Å²) in [7, 11) is 0. The number of H-pyrrole nitrogens is 1. The molecule has 0 bridgehead atoms. The number of nitrogens with zero attached hydrogens (tertiary/aromatic N) is 3. The van der Waals surface area contributed by atoms with Gasteiger partial charge in [-0.15, -0.1) is 0 Å². The Balaban J connectivity index is 1.33. The second-order valence-electron chi connectivity index (χ2n) is 8.52. The van der Waals surface area contributed by atoms with Crippen molar-refractivity contribution < 1.29 is 14.0 Å². The first-order valence-electron chi connectivity index (χ1n) is 11.6. The summed E-state index contributed by atoms with van der Waals surface area (Å²) in [5.74, 6) is -0.248. The van der Waals surface area contributed by atoms with E-state index in [1.807, 2.05) is 39.8 Å². The number of benzene rings is 2. The zero-order chi connectivity index (χ0) is 24.2. The van der Waals surface area contributed by atoms with Gasteiger partial charge in [0, 0.05) is 24.8 Å². The van der Waals surface area contributed by atoms with E-state index in [2.05, 4.69) is 9.97 Å². The molecule has 4 aromatic rings. The van der Waals surface area contributed by atoms with E-state index < -0.39 is 0 Å². The van der Waals surface area contributed by atoms with Gasteiger partial charge in [0.05, 0.1) is 24.2 Å². The van der Waals surface area contributed by atoms with Crippen LogP contribution in [0.2, 0.25) is 0 Å². The van der Waals surface area contributed by atoms with Crippen molar-refractivity contribution in [2.45, 2.75) is 24.5 Å². The van der Waals surface area contributed by atoms with Gasteiger partial charge in [0.25, 0.3) is 5.91 Å². The molecule has 0 unspecified atom stereocenters. The van der Waals surface area contributed by atoms with E-state index in [9.17, 15) is 14.0 Å². The number of nitrogens with one attached hydrogen (secondary N) is 1. The molecule has 1 aliphatic heterocycles. The first-order valence-corrected chi connectivity index (χ1v) is 12.6. The number of carbonyl (C=O) groups is 2. The smallest absolute Gasteiger partial charge is 0.270 e. The quantitative estimate of drug-likeness (QED) is 0.271. The summed E-state index contributed by atoms with van der Waals surface area (Å²) in [5, 5.41) is 0.699. The van der Waals surface area contributed by atoms with Gasteiger partial charge in [0.15, 0.2) is 10.9 Å². The highest BCUT2D eigenvalue weighted by atomic mass is 32.2. The standard InChI is InChI=1S/C27H25FN4O2S/c28-22-10-8-20(9-11-22)24-16-30-27(32(24)17-19-6-2-1-3-7-19)35-18-25(33)21-14-23(29-15-21)26(34)31-12-4-5-13-31/h1-3,6-11,14-16,29H,4-5,12-13,17-18H2. The van der Waals surface area contributed by atoms with Crippen molar-refractivity contribution in [3.63, 3.8) is 0 Å². The number of aromatic nitrogens is 3. The molecule has 8 heteroatoms. The summed E-state index contributed by atoms with van der Waals surface area (Å²) in [6.45, 7) is 2.09. The lowest BCUT2D eigenvalue weighted by molar-refractivity contribution is 0.0787. The monoisotopic (exact) mass is 488 g/mol. The molecule has 1 saturated heterocycles. The van der Waals surface area contributed by atoms with Gasteiger partial charge in [-0.1, -0.05) is 42.1 Å². The predicted molar refractivity (Wildman–Crippen MR) is 134 cm³/mol. The van der Waals surface area contributed by atoms with Crippen LogP contribution >= 0.6 is 11.8 Å². The van der Waals surface area contributed by atoms with Crippen LogP contribution in [0.5, 0.6) is 0 Å². The third-order valence-electron chi connectivity index (χ3n) is 6.10. The number of imidazole rings is 1. The molecule has 0 spiro atoms. The lowest BCUT2D eigenvalue weighted by atomic mass is 10.1. The number of likely N-dealkylation sites (tertiary alicyclic amines) is 1. The minimum atomic E-state index is -0.294. The molecule has 0 aliphatic carbocycles. The summed E-state index contributed by atoms with van der Waals surface area (Å²) in [6.07, 6.45) is 5.40. The van der Waals surface area contributed by atoms with E-state index in [1.54, 1.807) is 30.6 Å². The second kappa shape index (κ2) is 10.3. The van der Waals surface area contributed by atoms with Crippen molar-refractivity contribution in [2.75, 3.05) is 18.8 Å². The summed E-state index contributed by atoms with van der Waals surface area (Å²) in [4.78, 5) is 34.8. The van der Waals surface area contributed by atoms with Crippen molar-refractivity contribution in [3.05, 3.63) is 95.7 Å². The first kappa shape index (κ1) is 23.1. The highest BCUT2D eigenvalue weighted by molar-refractivity contribution is 7.99. The van der Waals surface area contributed by atoms with E-state index in [0.717, 1.165) is 42.8 Å². The van der Waals surface area contributed by atoms with Crippen LogP contribution in [0, 0.1) is 5.82 Å². The topological polar surface area (TPSA) is 71.0 Å². The van der Waals surface area contributed by atoms with Gasteiger partial charge in [0.2, 0.25) is 0 Å². The number of aromatic amines is 1. The maximum absolute atomic E-state index is 13.5. The fraction of sp³-hybridized carbons (Fsp3) is 0.222. The number of Topliss-reactive ketones (excluding diaryl/α,β-unsaturated/α-hetero) is 1. The molecule has 1 aliphatic rings. The molecule has 0 radical (unpaired) electrons. The number of rotatable bonds is 8. The highest BCUT2D eigenvalue weighted by Gasteiger charge is 2.22. The zero-order valence-electron chi connectivity index (χ0n) is 19.1. The Kier molecular flexibility index (Phi) is 6.81. The fourth-order valence-electron chi connectivity index (χ4n) is 4.23. The number of halogens is 1. The van der Waals surface area contributed by atoms with Gasteiger partial charge in [-0.05, 0) is 54.3 Å². The van der Waals surface area contributed by atoms with Crippen LogP contribution in [0.15, 0.2) is 78.2 Å². The summed E-state index contributed by atoms with van der Waals surface area (Å²) in [5.41, 5.74) is 3.73. The molecular formula is C27H25FN4O2S. The van der Waals surface area contributed by atoms with Crippen LogP contribution in [0.1, 0.15) is 39.3 Å². The molecule has 1 amide bonds. The summed E-state index contributed by atoms with van der Waals surface area (Å²) < 4.78 is 15.5. The van der Waals surface area contributed by atoms with Crippen LogP contribution in [0.3, 0.4) is 0 Å². The Morgan fingerprint density at radius 3 is 2.51 bits per heavy atom. The van der Waals surface area contributed by atoms with Crippen LogP contribution < -0.4 is 0 Å². The van der Waals surface area contributed by atoms with Gasteiger partial charge in [-0.2, -0.15) is 0 Å². The van der Waals surface area contributed by atoms with E-state index in [0.29, 0.717) is 23.0 Å². The average Bonchev–Trinajstić information content (AvgIpc) is 3.65. The molecule has 5 rings (SSSR count). The van der Waals surface area contributed by atoms with Gasteiger partial charge >= 0.3 is 0 Å². The van der Waals surface area contributed by atoms with E-state index in [4.69, 9.17) is 0 Å². The Morgan fingerprint density at radius 2 is 1.77 bits per heavy atom. The van der Waals surface area contributed by atoms with Crippen molar-refractivity contribution in [1.29, 1.82) is 0 Å². The average molecular weight is 489 g/mol. The molecule has 2 aromatic carbocycles. The van der Waals surface area contributed by atoms with Crippen molar-refractivity contribution in [3.8, 4) is 11.3 Å². The fourth-order valence-corrected chi connectivity index (χ4v) is 5.10. The van der Waals surface area contributed by atoms with E-state index in [1.165, 1.54) is 23.9 Å². The number of amides is 1. The molecule has 178 valence electrons. The molecule has 1 N–H and O–H groups in total. The van der Waals surface area contributed by atoms with E-state index in [-0.39, 0.29) is 23.3 Å². The van der Waals surface area contributed by atoms with Crippen LogP contribution in [0.25, 0.3) is 11.3 Å². The Bertz CT molecular complexity index is 1320. The lowest BCUT2D eigenvalue weighted by Gasteiger charge is -2.13. The molecule has 0 atom stereocenters. The lowest BCUT2D eigenvalue weighted by Crippen LogP contribution is -2.27. The Morgan fingerprint density at radius 1 is 1.03 bits per heavy atom. The number of thioether (sulfide) groups is 1. The number of hydrogen-bond acceptors (Lipinski definition) is 4.